The van der Waals surface area contributed by atoms with Gasteiger partial charge in [0.1, 0.15) is 36.5 Å². The lowest BCUT2D eigenvalue weighted by atomic mass is 10.0. The van der Waals surface area contributed by atoms with E-state index in [2.05, 4.69) is 24.5 Å². The van der Waals surface area contributed by atoms with Crippen molar-refractivity contribution in [3.63, 3.8) is 0 Å². The Bertz CT molecular complexity index is 848. The average Bonchev–Trinajstić information content (AvgIpc) is 2.84. The smallest absolute Gasteiger partial charge is 0.407 e. The van der Waals surface area contributed by atoms with Crippen LogP contribution >= 0.6 is 0 Å². The molecule has 0 aliphatic carbocycles. The van der Waals surface area contributed by atoms with E-state index in [4.69, 9.17) is 14.2 Å². The van der Waals surface area contributed by atoms with Gasteiger partial charge in [-0.25, -0.2) is 4.79 Å². The summed E-state index contributed by atoms with van der Waals surface area (Å²) >= 11 is 0. The number of carbonyl (C=O) groups excluding carboxylic acids is 2. The van der Waals surface area contributed by atoms with Crippen LogP contribution in [0.1, 0.15) is 64.5 Å². The summed E-state index contributed by atoms with van der Waals surface area (Å²) in [5.74, 6) is 0.889. The first kappa shape index (κ1) is 31.0. The molecule has 1 aliphatic heterocycles. The van der Waals surface area contributed by atoms with E-state index < -0.39 is 30.7 Å². The van der Waals surface area contributed by atoms with Gasteiger partial charge in [0.25, 0.3) is 0 Å². The molecule has 0 bridgehead atoms. The van der Waals surface area contributed by atoms with Gasteiger partial charge in [-0.1, -0.05) is 33.8 Å². The quantitative estimate of drug-likeness (QED) is 0.218. The Labute approximate surface area is 219 Å². The number of benzene rings is 1. The lowest BCUT2D eigenvalue weighted by molar-refractivity contribution is -0.242. The lowest BCUT2D eigenvalue weighted by Gasteiger charge is -2.35. The zero-order chi connectivity index (χ0) is 27.4. The summed E-state index contributed by atoms with van der Waals surface area (Å²) in [7, 11) is 0. The van der Waals surface area contributed by atoms with Crippen LogP contribution in [0.3, 0.4) is 0 Å². The number of Topliss-reactive ketones (excluding diaryl/α,β-unsaturated/α-hetero) is 1. The summed E-state index contributed by atoms with van der Waals surface area (Å²) in [4.78, 5) is 24.7. The van der Waals surface area contributed by atoms with Crippen molar-refractivity contribution in [3.05, 3.63) is 29.3 Å². The van der Waals surface area contributed by atoms with Crippen LogP contribution in [0, 0.1) is 5.92 Å². The zero-order valence-corrected chi connectivity index (χ0v) is 22.4. The maximum atomic E-state index is 12.7. The number of alkyl carbamates (subject to hydrolysis) is 1. The number of hydrogen-bond acceptors (Lipinski definition) is 9. The van der Waals surface area contributed by atoms with E-state index in [0.29, 0.717) is 48.2 Å². The summed E-state index contributed by atoms with van der Waals surface area (Å²) in [6.45, 7) is 9.44. The number of carbonyl (C=O) groups is 2. The van der Waals surface area contributed by atoms with E-state index in [1.165, 1.54) is 0 Å². The van der Waals surface area contributed by atoms with E-state index in [9.17, 15) is 24.9 Å². The molecular weight excluding hydrogens is 480 g/mol. The molecule has 1 fully saturated rings. The fourth-order valence-electron chi connectivity index (χ4n) is 3.86. The standard InChI is InChI=1S/C27H44N2O8/c1-17(2)7-5-12-29-27(34)36-15-19-9-10-23(37-26-25(33)24(32)22(31)16-35-26)20(13-19)14-21(30)8-6-11-28-18(3)4/h9-10,13,17-18,22,24-26,28,31-33H,5-8,11-12,14-16H2,1-4H3,(H,29,34)/t22-,24+,25-,26+/m0/s1. The molecular formula is C27H44N2O8. The minimum absolute atomic E-state index is 0.0111. The predicted molar refractivity (Wildman–Crippen MR) is 138 cm³/mol. The minimum atomic E-state index is -1.46. The molecule has 4 atom stereocenters. The number of aliphatic hydroxyl groups is 3. The van der Waals surface area contributed by atoms with Crippen molar-refractivity contribution in [2.75, 3.05) is 19.7 Å². The van der Waals surface area contributed by atoms with Crippen molar-refractivity contribution in [3.8, 4) is 5.75 Å². The van der Waals surface area contributed by atoms with Crippen molar-refractivity contribution >= 4 is 11.9 Å². The molecule has 1 aliphatic rings. The Hall–Kier alpha value is -2.24. The van der Waals surface area contributed by atoms with E-state index in [1.807, 2.05) is 13.8 Å². The highest BCUT2D eigenvalue weighted by atomic mass is 16.7. The molecule has 1 aromatic rings. The normalized spacial score (nSPS) is 21.8. The first-order valence-electron chi connectivity index (χ1n) is 13.2. The Morgan fingerprint density at radius 3 is 2.54 bits per heavy atom. The van der Waals surface area contributed by atoms with Crippen LogP contribution in [-0.4, -0.2) is 77.5 Å². The van der Waals surface area contributed by atoms with E-state index in [-0.39, 0.29) is 25.4 Å². The Kier molecular flexibility index (Phi) is 13.3. The summed E-state index contributed by atoms with van der Waals surface area (Å²) in [5.41, 5.74) is 1.23. The fraction of sp³-hybridized carbons (Fsp3) is 0.704. The van der Waals surface area contributed by atoms with E-state index in [1.54, 1.807) is 18.2 Å². The van der Waals surface area contributed by atoms with Crippen LogP contribution < -0.4 is 15.4 Å². The molecule has 1 heterocycles. The molecule has 0 spiro atoms. The number of ether oxygens (including phenoxy) is 3. The number of rotatable bonds is 15. The van der Waals surface area contributed by atoms with Gasteiger partial charge in [0.2, 0.25) is 6.29 Å². The summed E-state index contributed by atoms with van der Waals surface area (Å²) in [6, 6.07) is 5.39. The van der Waals surface area contributed by atoms with Gasteiger partial charge in [-0.2, -0.15) is 0 Å². The van der Waals surface area contributed by atoms with E-state index in [0.717, 1.165) is 19.4 Å². The van der Waals surface area contributed by atoms with Crippen molar-refractivity contribution in [2.24, 2.45) is 5.92 Å². The molecule has 1 amide bonds. The second-order valence-electron chi connectivity index (χ2n) is 10.3. The molecule has 5 N–H and O–H groups in total. The second-order valence-corrected chi connectivity index (χ2v) is 10.3. The molecule has 210 valence electrons. The average molecular weight is 525 g/mol. The van der Waals surface area contributed by atoms with Gasteiger partial charge in [0.15, 0.2) is 0 Å². The summed E-state index contributed by atoms with van der Waals surface area (Å²) < 4.78 is 16.5. The molecule has 0 saturated carbocycles. The zero-order valence-electron chi connectivity index (χ0n) is 22.4. The number of nitrogens with one attached hydrogen (secondary N) is 2. The van der Waals surface area contributed by atoms with Crippen LogP contribution in [0.15, 0.2) is 18.2 Å². The van der Waals surface area contributed by atoms with Gasteiger partial charge in [0.05, 0.1) is 6.61 Å². The highest BCUT2D eigenvalue weighted by Crippen LogP contribution is 2.26. The molecule has 37 heavy (non-hydrogen) atoms. The highest BCUT2D eigenvalue weighted by molar-refractivity contribution is 5.81. The third-order valence-corrected chi connectivity index (χ3v) is 5.99. The van der Waals surface area contributed by atoms with Crippen molar-refractivity contribution in [1.29, 1.82) is 0 Å². The molecule has 1 aromatic carbocycles. The topological polar surface area (TPSA) is 147 Å². The van der Waals surface area contributed by atoms with E-state index >= 15 is 0 Å². The van der Waals surface area contributed by atoms with Gasteiger partial charge in [0, 0.05) is 31.0 Å². The minimum Gasteiger partial charge on any atom is -0.462 e. The fourth-order valence-corrected chi connectivity index (χ4v) is 3.86. The van der Waals surface area contributed by atoms with Crippen molar-refractivity contribution in [2.45, 2.75) is 97.0 Å². The Balaban J connectivity index is 2.03. The molecule has 2 rings (SSSR count). The molecule has 0 aromatic heterocycles. The number of aliphatic hydroxyl groups excluding tert-OH is 3. The second kappa shape index (κ2) is 15.9. The molecule has 0 unspecified atom stereocenters. The Morgan fingerprint density at radius 2 is 1.84 bits per heavy atom. The first-order chi connectivity index (χ1) is 17.6. The summed E-state index contributed by atoms with van der Waals surface area (Å²) in [6.07, 6.45) is -2.76. The van der Waals surface area contributed by atoms with Crippen molar-refractivity contribution < 1.29 is 39.1 Å². The number of ketones is 1. The van der Waals surface area contributed by atoms with Crippen LogP contribution in [0.2, 0.25) is 0 Å². The van der Waals surface area contributed by atoms with Crippen LogP contribution in [0.4, 0.5) is 4.79 Å². The SMILES string of the molecule is CC(C)CCCNC(=O)OCc1ccc(O[C@H]2OC[C@H](O)[C@@H](O)[C@@H]2O)c(CC(=O)CCCNC(C)C)c1. The van der Waals surface area contributed by atoms with Crippen molar-refractivity contribution in [1.82, 2.24) is 10.6 Å². The molecule has 1 saturated heterocycles. The third kappa shape index (κ3) is 11.4. The molecule has 10 nitrogen and oxygen atoms in total. The maximum absolute atomic E-state index is 12.7. The monoisotopic (exact) mass is 524 g/mol. The van der Waals surface area contributed by atoms with Gasteiger partial charge in [-0.15, -0.1) is 0 Å². The van der Waals surface area contributed by atoms with Crippen LogP contribution in [0.25, 0.3) is 0 Å². The molecule has 10 heteroatoms. The van der Waals surface area contributed by atoms with Crippen LogP contribution in [0.5, 0.6) is 5.75 Å². The molecule has 0 radical (unpaired) electrons. The van der Waals surface area contributed by atoms with Gasteiger partial charge < -0.3 is 40.2 Å². The number of amides is 1. The lowest BCUT2D eigenvalue weighted by Crippen LogP contribution is -2.54. The van der Waals surface area contributed by atoms with Gasteiger partial charge in [-0.05, 0) is 49.4 Å². The summed E-state index contributed by atoms with van der Waals surface area (Å²) in [5, 5.41) is 35.9. The third-order valence-electron chi connectivity index (χ3n) is 5.99. The van der Waals surface area contributed by atoms with Gasteiger partial charge >= 0.3 is 6.09 Å². The van der Waals surface area contributed by atoms with Crippen LogP contribution in [-0.2, 0) is 27.3 Å². The largest absolute Gasteiger partial charge is 0.462 e. The predicted octanol–water partition coefficient (Wildman–Crippen LogP) is 2.06. The first-order valence-corrected chi connectivity index (χ1v) is 13.2. The maximum Gasteiger partial charge on any atom is 0.407 e. The Morgan fingerprint density at radius 1 is 1.08 bits per heavy atom. The highest BCUT2D eigenvalue weighted by Gasteiger charge is 2.39. The van der Waals surface area contributed by atoms with Gasteiger partial charge in [-0.3, -0.25) is 4.79 Å². The number of hydrogen-bond donors (Lipinski definition) is 5.